The molecule has 1 heterocycles. The maximum absolute atomic E-state index is 12.3. The van der Waals surface area contributed by atoms with Crippen LogP contribution in [0.5, 0.6) is 5.75 Å². The Balaban J connectivity index is 2.13. The molecule has 9 heteroatoms. The first-order valence-electron chi connectivity index (χ1n) is 6.00. The Morgan fingerprint density at radius 1 is 1.43 bits per heavy atom. The number of anilines is 1. The molecule has 1 atom stereocenters. The predicted molar refractivity (Wildman–Crippen MR) is 69.8 cm³/mol. The van der Waals surface area contributed by atoms with Gasteiger partial charge in [0.1, 0.15) is 5.75 Å². The number of para-hydroxylation sites is 1. The number of H-pyrrole nitrogens is 1. The summed E-state index contributed by atoms with van der Waals surface area (Å²) in [7, 11) is 0. The maximum Gasteiger partial charge on any atom is 0.387 e. The Bertz CT molecular complexity index is 632. The van der Waals surface area contributed by atoms with E-state index in [-0.39, 0.29) is 17.5 Å². The Morgan fingerprint density at radius 3 is 2.76 bits per heavy atom. The number of carbonyl (C=O) groups excluding carboxylic acids is 1. The monoisotopic (exact) mass is 297 g/mol. The minimum atomic E-state index is -2.94. The number of hydrogen-bond donors (Lipinski definition) is 3. The number of halogens is 2. The normalized spacial score (nSPS) is 12.2. The first kappa shape index (κ1) is 14.7. The zero-order valence-corrected chi connectivity index (χ0v) is 11.0. The number of nitrogens with zero attached hydrogens (tertiary/aromatic N) is 2. The second-order valence-corrected chi connectivity index (χ2v) is 4.15. The molecule has 112 valence electrons. The van der Waals surface area contributed by atoms with Crippen LogP contribution in [0, 0.1) is 0 Å². The summed E-state index contributed by atoms with van der Waals surface area (Å²) < 4.78 is 29.1. The van der Waals surface area contributed by atoms with Gasteiger partial charge in [-0.05, 0) is 13.0 Å². The summed E-state index contributed by atoms with van der Waals surface area (Å²) in [6.07, 6.45) is 0. The topological polar surface area (TPSA) is 106 Å². The SMILES string of the molecule is CC(NC(=O)c1nc(N)n[nH]1)c1ccccc1OC(F)F. The van der Waals surface area contributed by atoms with E-state index in [0.717, 1.165) is 0 Å². The average molecular weight is 297 g/mol. The van der Waals surface area contributed by atoms with Crippen molar-refractivity contribution in [2.45, 2.75) is 19.6 Å². The highest BCUT2D eigenvalue weighted by Gasteiger charge is 2.18. The zero-order chi connectivity index (χ0) is 15.4. The van der Waals surface area contributed by atoms with Crippen LogP contribution in [0.2, 0.25) is 0 Å². The van der Waals surface area contributed by atoms with Crippen molar-refractivity contribution < 1.29 is 18.3 Å². The summed E-state index contributed by atoms with van der Waals surface area (Å²) in [6.45, 7) is -1.31. The van der Waals surface area contributed by atoms with E-state index in [1.165, 1.54) is 6.07 Å². The van der Waals surface area contributed by atoms with Gasteiger partial charge in [0.05, 0.1) is 6.04 Å². The Hall–Kier alpha value is -2.71. The molecule has 0 aliphatic heterocycles. The molecule has 0 saturated carbocycles. The van der Waals surface area contributed by atoms with Crippen LogP contribution >= 0.6 is 0 Å². The summed E-state index contributed by atoms with van der Waals surface area (Å²) in [5.74, 6) is -0.684. The first-order valence-corrected chi connectivity index (χ1v) is 6.00. The van der Waals surface area contributed by atoms with Crippen molar-refractivity contribution in [1.82, 2.24) is 20.5 Å². The number of nitrogens with one attached hydrogen (secondary N) is 2. The van der Waals surface area contributed by atoms with Crippen LogP contribution in [0.4, 0.5) is 14.7 Å². The molecule has 7 nitrogen and oxygen atoms in total. The molecule has 0 saturated heterocycles. The molecular formula is C12H13F2N5O2. The molecule has 1 aromatic heterocycles. The van der Waals surface area contributed by atoms with Crippen LogP contribution in [-0.4, -0.2) is 27.7 Å². The highest BCUT2D eigenvalue weighted by Crippen LogP contribution is 2.26. The number of nitrogens with two attached hydrogens (primary N) is 1. The lowest BCUT2D eigenvalue weighted by Crippen LogP contribution is -2.28. The number of alkyl halides is 2. The van der Waals surface area contributed by atoms with Crippen molar-refractivity contribution in [2.24, 2.45) is 0 Å². The summed E-state index contributed by atoms with van der Waals surface area (Å²) in [6, 6.07) is 5.63. The third-order valence-electron chi connectivity index (χ3n) is 2.67. The first-order chi connectivity index (χ1) is 9.97. The molecule has 0 bridgehead atoms. The fraction of sp³-hybridized carbons (Fsp3) is 0.250. The number of rotatable bonds is 5. The highest BCUT2D eigenvalue weighted by molar-refractivity contribution is 5.90. The molecule has 4 N–H and O–H groups in total. The van der Waals surface area contributed by atoms with E-state index in [2.05, 4.69) is 25.2 Å². The number of nitrogen functional groups attached to an aromatic ring is 1. The number of hydrogen-bond acceptors (Lipinski definition) is 5. The standard InChI is InChI=1S/C12H13F2N5O2/c1-6(16-10(20)9-17-12(15)19-18-9)7-4-2-3-5-8(7)21-11(13)14/h2-6,11H,1H3,(H,16,20)(H3,15,17,18,19). The van der Waals surface area contributed by atoms with Crippen LogP contribution in [0.15, 0.2) is 24.3 Å². The van der Waals surface area contributed by atoms with Gasteiger partial charge in [0.2, 0.25) is 11.8 Å². The fourth-order valence-corrected chi connectivity index (χ4v) is 1.76. The summed E-state index contributed by atoms with van der Waals surface area (Å²) in [4.78, 5) is 15.6. The van der Waals surface area contributed by atoms with Crippen LogP contribution in [0.1, 0.15) is 29.1 Å². The Morgan fingerprint density at radius 2 is 2.14 bits per heavy atom. The van der Waals surface area contributed by atoms with Crippen molar-refractivity contribution >= 4 is 11.9 Å². The van der Waals surface area contributed by atoms with Crippen LogP contribution in [0.3, 0.4) is 0 Å². The lowest BCUT2D eigenvalue weighted by molar-refractivity contribution is -0.0506. The van der Waals surface area contributed by atoms with E-state index >= 15 is 0 Å². The van der Waals surface area contributed by atoms with E-state index in [9.17, 15) is 13.6 Å². The van der Waals surface area contributed by atoms with E-state index in [1.807, 2.05) is 0 Å². The van der Waals surface area contributed by atoms with Gasteiger partial charge in [-0.15, -0.1) is 5.10 Å². The number of benzene rings is 1. The smallest absolute Gasteiger partial charge is 0.387 e. The largest absolute Gasteiger partial charge is 0.434 e. The zero-order valence-electron chi connectivity index (χ0n) is 11.0. The van der Waals surface area contributed by atoms with Crippen molar-refractivity contribution in [3.05, 3.63) is 35.7 Å². The van der Waals surface area contributed by atoms with Gasteiger partial charge in [-0.1, -0.05) is 18.2 Å². The molecule has 1 amide bonds. The van der Waals surface area contributed by atoms with Crippen molar-refractivity contribution in [2.75, 3.05) is 5.73 Å². The third kappa shape index (κ3) is 3.65. The van der Waals surface area contributed by atoms with E-state index in [4.69, 9.17) is 5.73 Å². The van der Waals surface area contributed by atoms with Crippen LogP contribution in [0.25, 0.3) is 0 Å². The van der Waals surface area contributed by atoms with E-state index in [0.29, 0.717) is 5.56 Å². The van der Waals surface area contributed by atoms with Gasteiger partial charge < -0.3 is 15.8 Å². The van der Waals surface area contributed by atoms with Crippen molar-refractivity contribution in [3.63, 3.8) is 0 Å². The fourth-order valence-electron chi connectivity index (χ4n) is 1.76. The van der Waals surface area contributed by atoms with E-state index in [1.54, 1.807) is 25.1 Å². The molecule has 0 radical (unpaired) electrons. The van der Waals surface area contributed by atoms with Gasteiger partial charge in [-0.25, -0.2) is 0 Å². The summed E-state index contributed by atoms with van der Waals surface area (Å²) >= 11 is 0. The summed E-state index contributed by atoms with van der Waals surface area (Å²) in [5.41, 5.74) is 5.72. The number of carbonyl (C=O) groups is 1. The minimum Gasteiger partial charge on any atom is -0.434 e. The molecule has 0 aliphatic carbocycles. The van der Waals surface area contributed by atoms with Crippen molar-refractivity contribution in [1.29, 1.82) is 0 Å². The quantitative estimate of drug-likeness (QED) is 0.775. The molecule has 0 fully saturated rings. The van der Waals surface area contributed by atoms with E-state index < -0.39 is 18.6 Å². The number of amides is 1. The highest BCUT2D eigenvalue weighted by atomic mass is 19.3. The second kappa shape index (κ2) is 6.16. The molecule has 1 unspecified atom stereocenters. The number of aromatic nitrogens is 3. The van der Waals surface area contributed by atoms with Gasteiger partial charge in [0.15, 0.2) is 0 Å². The van der Waals surface area contributed by atoms with Gasteiger partial charge in [0.25, 0.3) is 5.91 Å². The Kier molecular flexibility index (Phi) is 4.31. The molecule has 0 aliphatic rings. The van der Waals surface area contributed by atoms with Crippen LogP contribution < -0.4 is 15.8 Å². The predicted octanol–water partition coefficient (Wildman–Crippen LogP) is 1.48. The maximum atomic E-state index is 12.3. The van der Waals surface area contributed by atoms with Crippen molar-refractivity contribution in [3.8, 4) is 5.75 Å². The molecule has 2 rings (SSSR count). The molecular weight excluding hydrogens is 284 g/mol. The molecule has 21 heavy (non-hydrogen) atoms. The van der Waals surface area contributed by atoms with Gasteiger partial charge in [-0.2, -0.15) is 13.8 Å². The summed E-state index contributed by atoms with van der Waals surface area (Å²) in [5, 5.41) is 8.48. The molecule has 0 spiro atoms. The molecule has 1 aromatic carbocycles. The average Bonchev–Trinajstić information content (AvgIpc) is 2.85. The molecule has 2 aromatic rings. The second-order valence-electron chi connectivity index (χ2n) is 4.15. The number of ether oxygens (including phenoxy) is 1. The van der Waals surface area contributed by atoms with Gasteiger partial charge in [-0.3, -0.25) is 9.89 Å². The Labute approximate surface area is 118 Å². The lowest BCUT2D eigenvalue weighted by Gasteiger charge is -2.17. The van der Waals surface area contributed by atoms with Crippen LogP contribution in [-0.2, 0) is 0 Å². The number of aromatic amines is 1. The van der Waals surface area contributed by atoms with Gasteiger partial charge in [0, 0.05) is 5.56 Å². The lowest BCUT2D eigenvalue weighted by atomic mass is 10.1. The third-order valence-corrected chi connectivity index (χ3v) is 2.67. The minimum absolute atomic E-state index is 0.00242. The van der Waals surface area contributed by atoms with Gasteiger partial charge >= 0.3 is 6.61 Å².